The van der Waals surface area contributed by atoms with Crippen LogP contribution in [0.5, 0.6) is 0 Å². The van der Waals surface area contributed by atoms with Gasteiger partial charge in [0.05, 0.1) is 18.6 Å². The molecule has 7 heteroatoms. The predicted octanol–water partition coefficient (Wildman–Crippen LogP) is 3.39. The van der Waals surface area contributed by atoms with Gasteiger partial charge in [0.15, 0.2) is 11.5 Å². The van der Waals surface area contributed by atoms with Gasteiger partial charge in [-0.1, -0.05) is 24.3 Å². The predicted molar refractivity (Wildman–Crippen MR) is 118 cm³/mol. The Labute approximate surface area is 176 Å². The van der Waals surface area contributed by atoms with Gasteiger partial charge >= 0.3 is 0 Å². The lowest BCUT2D eigenvalue weighted by atomic mass is 10.1. The first-order chi connectivity index (χ1) is 14.6. The van der Waals surface area contributed by atoms with E-state index in [-0.39, 0.29) is 0 Å². The van der Waals surface area contributed by atoms with E-state index in [1.54, 1.807) is 6.33 Å². The highest BCUT2D eigenvalue weighted by atomic mass is 16.5. The summed E-state index contributed by atoms with van der Waals surface area (Å²) in [5, 5.41) is 5.82. The van der Waals surface area contributed by atoms with Gasteiger partial charge in [-0.15, -0.1) is 5.10 Å². The summed E-state index contributed by atoms with van der Waals surface area (Å²) in [5.74, 6) is 0.750. The molecule has 0 spiro atoms. The Morgan fingerprint density at radius 2 is 1.80 bits per heavy atom. The monoisotopic (exact) mass is 404 g/mol. The van der Waals surface area contributed by atoms with E-state index in [1.807, 2.05) is 16.6 Å². The first-order valence-corrected chi connectivity index (χ1v) is 10.7. The van der Waals surface area contributed by atoms with Crippen molar-refractivity contribution >= 4 is 16.7 Å². The Hall–Kier alpha value is -2.77. The molecule has 156 valence electrons. The summed E-state index contributed by atoms with van der Waals surface area (Å²) in [6.07, 6.45) is 2.89. The molecule has 0 unspecified atom stereocenters. The van der Waals surface area contributed by atoms with Crippen LogP contribution in [-0.2, 0) is 11.3 Å². The lowest BCUT2D eigenvalue weighted by molar-refractivity contribution is 0.0369. The standard InChI is InChI=1S/C23H28N6O/c1-16-7-4-5-8-19(16)21-25-23-20-17(2)18(3)28(22(20)24-15-29(23)26-21)10-6-9-27-11-13-30-14-12-27/h4-5,7-8,15H,6,9-14H2,1-3H3. The number of rotatable bonds is 5. The summed E-state index contributed by atoms with van der Waals surface area (Å²) in [7, 11) is 0. The van der Waals surface area contributed by atoms with Crippen LogP contribution in [0.1, 0.15) is 23.2 Å². The highest BCUT2D eigenvalue weighted by Gasteiger charge is 2.19. The van der Waals surface area contributed by atoms with E-state index in [0.717, 1.165) is 73.9 Å². The summed E-state index contributed by atoms with van der Waals surface area (Å²) in [5.41, 5.74) is 6.61. The molecule has 1 saturated heterocycles. The van der Waals surface area contributed by atoms with Crippen LogP contribution in [0.4, 0.5) is 0 Å². The van der Waals surface area contributed by atoms with Crippen molar-refractivity contribution in [2.75, 3.05) is 32.8 Å². The molecule has 4 heterocycles. The maximum Gasteiger partial charge on any atom is 0.182 e. The molecular formula is C23H28N6O. The average molecular weight is 405 g/mol. The SMILES string of the molecule is Cc1ccccc1-c1nc2c3c(C)c(C)n(CCCN4CCOCC4)c3ncn2n1. The van der Waals surface area contributed by atoms with Crippen molar-refractivity contribution in [1.82, 2.24) is 29.0 Å². The summed E-state index contributed by atoms with van der Waals surface area (Å²) < 4.78 is 9.61. The molecule has 5 rings (SSSR count). The van der Waals surface area contributed by atoms with E-state index in [4.69, 9.17) is 19.8 Å². The van der Waals surface area contributed by atoms with Gasteiger partial charge in [-0.3, -0.25) is 4.90 Å². The van der Waals surface area contributed by atoms with Crippen LogP contribution in [0.3, 0.4) is 0 Å². The minimum atomic E-state index is 0.750. The zero-order valence-electron chi connectivity index (χ0n) is 17.9. The second-order valence-corrected chi connectivity index (χ2v) is 8.13. The maximum absolute atomic E-state index is 5.45. The molecule has 0 aliphatic carbocycles. The molecule has 0 saturated carbocycles. The molecule has 1 aromatic carbocycles. The third-order valence-corrected chi connectivity index (χ3v) is 6.29. The number of aromatic nitrogens is 5. The second-order valence-electron chi connectivity index (χ2n) is 8.13. The van der Waals surface area contributed by atoms with Gasteiger partial charge in [0.1, 0.15) is 12.0 Å². The van der Waals surface area contributed by atoms with Gasteiger partial charge in [-0.25, -0.2) is 14.5 Å². The smallest absolute Gasteiger partial charge is 0.182 e. The van der Waals surface area contributed by atoms with Crippen molar-refractivity contribution in [2.24, 2.45) is 0 Å². The molecule has 0 bridgehead atoms. The fourth-order valence-electron chi connectivity index (χ4n) is 4.42. The Kier molecular flexibility index (Phi) is 5.00. The van der Waals surface area contributed by atoms with Crippen molar-refractivity contribution < 1.29 is 4.74 Å². The van der Waals surface area contributed by atoms with Gasteiger partial charge < -0.3 is 9.30 Å². The molecule has 0 radical (unpaired) electrons. The topological polar surface area (TPSA) is 60.5 Å². The number of hydrogen-bond acceptors (Lipinski definition) is 5. The zero-order valence-corrected chi connectivity index (χ0v) is 17.9. The Balaban J connectivity index is 1.50. The van der Waals surface area contributed by atoms with E-state index in [0.29, 0.717) is 0 Å². The molecular weight excluding hydrogens is 376 g/mol. The Bertz CT molecular complexity index is 1200. The van der Waals surface area contributed by atoms with E-state index < -0.39 is 0 Å². The molecule has 3 aromatic heterocycles. The van der Waals surface area contributed by atoms with Gasteiger partial charge in [0.2, 0.25) is 0 Å². The zero-order chi connectivity index (χ0) is 20.7. The molecule has 0 atom stereocenters. The van der Waals surface area contributed by atoms with Crippen LogP contribution >= 0.6 is 0 Å². The van der Waals surface area contributed by atoms with E-state index in [2.05, 4.69) is 42.4 Å². The molecule has 7 nitrogen and oxygen atoms in total. The van der Waals surface area contributed by atoms with Crippen molar-refractivity contribution in [1.29, 1.82) is 0 Å². The minimum Gasteiger partial charge on any atom is -0.379 e. The van der Waals surface area contributed by atoms with Crippen LogP contribution in [0, 0.1) is 20.8 Å². The third-order valence-electron chi connectivity index (χ3n) is 6.29. The van der Waals surface area contributed by atoms with E-state index in [9.17, 15) is 0 Å². The highest BCUT2D eigenvalue weighted by Crippen LogP contribution is 2.29. The number of morpholine rings is 1. The average Bonchev–Trinajstić information content (AvgIpc) is 3.29. The third kappa shape index (κ3) is 3.28. The minimum absolute atomic E-state index is 0.750. The lowest BCUT2D eigenvalue weighted by Gasteiger charge is -2.26. The van der Waals surface area contributed by atoms with Crippen molar-refractivity contribution in [2.45, 2.75) is 33.7 Å². The summed E-state index contributed by atoms with van der Waals surface area (Å²) in [4.78, 5) is 12.2. The number of hydrogen-bond donors (Lipinski definition) is 0. The van der Waals surface area contributed by atoms with E-state index >= 15 is 0 Å². The Morgan fingerprint density at radius 1 is 1.00 bits per heavy atom. The summed E-state index contributed by atoms with van der Waals surface area (Å²) in [6.45, 7) is 12.2. The molecule has 1 fully saturated rings. The Morgan fingerprint density at radius 3 is 2.60 bits per heavy atom. The molecule has 0 amide bonds. The maximum atomic E-state index is 5.45. The molecule has 1 aliphatic rings. The number of nitrogens with zero attached hydrogens (tertiary/aromatic N) is 6. The fraction of sp³-hybridized carbons (Fsp3) is 0.435. The molecule has 4 aromatic rings. The van der Waals surface area contributed by atoms with Crippen molar-refractivity contribution in [3.05, 3.63) is 47.4 Å². The van der Waals surface area contributed by atoms with Crippen LogP contribution < -0.4 is 0 Å². The van der Waals surface area contributed by atoms with Gasteiger partial charge in [0.25, 0.3) is 0 Å². The van der Waals surface area contributed by atoms with Crippen LogP contribution in [0.25, 0.3) is 28.1 Å². The van der Waals surface area contributed by atoms with Gasteiger partial charge in [-0.2, -0.15) is 0 Å². The quantitative estimate of drug-likeness (QED) is 0.510. The lowest BCUT2D eigenvalue weighted by Crippen LogP contribution is -2.37. The van der Waals surface area contributed by atoms with Gasteiger partial charge in [0, 0.05) is 37.4 Å². The number of benzene rings is 1. The summed E-state index contributed by atoms with van der Waals surface area (Å²) in [6, 6.07) is 8.24. The number of fused-ring (bicyclic) bond motifs is 3. The van der Waals surface area contributed by atoms with Crippen LogP contribution in [-0.4, -0.2) is 61.9 Å². The fourth-order valence-corrected chi connectivity index (χ4v) is 4.42. The number of ether oxygens (including phenoxy) is 1. The normalized spacial score (nSPS) is 15.4. The summed E-state index contributed by atoms with van der Waals surface area (Å²) >= 11 is 0. The van der Waals surface area contributed by atoms with Crippen molar-refractivity contribution in [3.63, 3.8) is 0 Å². The second kappa shape index (κ2) is 7.81. The van der Waals surface area contributed by atoms with Crippen LogP contribution in [0.2, 0.25) is 0 Å². The van der Waals surface area contributed by atoms with Crippen molar-refractivity contribution in [3.8, 4) is 11.4 Å². The first kappa shape index (κ1) is 19.2. The first-order valence-electron chi connectivity index (χ1n) is 10.7. The van der Waals surface area contributed by atoms with E-state index in [1.165, 1.54) is 16.8 Å². The molecule has 1 aliphatic heterocycles. The largest absolute Gasteiger partial charge is 0.379 e. The molecule has 30 heavy (non-hydrogen) atoms. The van der Waals surface area contributed by atoms with Gasteiger partial charge in [-0.05, 0) is 38.3 Å². The number of aryl methyl sites for hydroxylation is 3. The highest BCUT2D eigenvalue weighted by molar-refractivity contribution is 5.94. The molecule has 0 N–H and O–H groups in total. The van der Waals surface area contributed by atoms with Crippen LogP contribution in [0.15, 0.2) is 30.6 Å².